The van der Waals surface area contributed by atoms with Crippen LogP contribution in [0.3, 0.4) is 0 Å². The molecule has 1 aromatic heterocycles. The molecular weight excluding hydrogens is 218 g/mol. The molecule has 0 atom stereocenters. The van der Waals surface area contributed by atoms with E-state index in [4.69, 9.17) is 10.5 Å². The van der Waals surface area contributed by atoms with Crippen molar-refractivity contribution >= 4 is 6.09 Å². The van der Waals surface area contributed by atoms with Gasteiger partial charge in [-0.25, -0.2) is 4.79 Å². The van der Waals surface area contributed by atoms with E-state index in [1.165, 1.54) is 0 Å². The van der Waals surface area contributed by atoms with Crippen LogP contribution in [-0.2, 0) is 24.9 Å². The van der Waals surface area contributed by atoms with E-state index >= 15 is 0 Å². The SMILES string of the molecule is Cn1cc(CNC(=O)OC(C)(C)C)cc1CN. The number of hydrogen-bond acceptors (Lipinski definition) is 3. The van der Waals surface area contributed by atoms with Gasteiger partial charge in [0.1, 0.15) is 5.60 Å². The third-order valence-corrected chi connectivity index (χ3v) is 2.21. The highest BCUT2D eigenvalue weighted by Gasteiger charge is 2.15. The number of aromatic nitrogens is 1. The molecule has 0 saturated carbocycles. The molecule has 0 aliphatic rings. The number of nitrogens with two attached hydrogens (primary N) is 1. The Hall–Kier alpha value is -1.49. The summed E-state index contributed by atoms with van der Waals surface area (Å²) in [6.45, 7) is 6.44. The van der Waals surface area contributed by atoms with E-state index in [0.717, 1.165) is 11.3 Å². The molecule has 1 heterocycles. The van der Waals surface area contributed by atoms with Gasteiger partial charge < -0.3 is 20.4 Å². The smallest absolute Gasteiger partial charge is 0.407 e. The van der Waals surface area contributed by atoms with E-state index in [0.29, 0.717) is 13.1 Å². The van der Waals surface area contributed by atoms with Crippen LogP contribution in [0.25, 0.3) is 0 Å². The number of amides is 1. The summed E-state index contributed by atoms with van der Waals surface area (Å²) in [7, 11) is 1.93. The number of carbonyl (C=O) groups excluding carboxylic acids is 1. The predicted molar refractivity (Wildman–Crippen MR) is 66.4 cm³/mol. The van der Waals surface area contributed by atoms with Crippen molar-refractivity contribution < 1.29 is 9.53 Å². The molecule has 96 valence electrons. The van der Waals surface area contributed by atoms with Crippen molar-refractivity contribution in [2.75, 3.05) is 0 Å². The van der Waals surface area contributed by atoms with Gasteiger partial charge in [0.25, 0.3) is 0 Å². The van der Waals surface area contributed by atoms with Crippen molar-refractivity contribution in [1.29, 1.82) is 0 Å². The second kappa shape index (κ2) is 5.23. The second-order valence-corrected chi connectivity index (χ2v) is 5.01. The Morgan fingerprint density at radius 1 is 1.53 bits per heavy atom. The number of hydrogen-bond donors (Lipinski definition) is 2. The highest BCUT2D eigenvalue weighted by atomic mass is 16.6. The minimum atomic E-state index is -0.469. The molecule has 1 rings (SSSR count). The van der Waals surface area contributed by atoms with Gasteiger partial charge in [0, 0.05) is 32.0 Å². The van der Waals surface area contributed by atoms with Gasteiger partial charge in [-0.05, 0) is 32.4 Å². The third kappa shape index (κ3) is 4.48. The Bertz CT molecular complexity index is 391. The summed E-state index contributed by atoms with van der Waals surface area (Å²) >= 11 is 0. The Morgan fingerprint density at radius 2 is 2.18 bits per heavy atom. The molecule has 17 heavy (non-hydrogen) atoms. The van der Waals surface area contributed by atoms with Crippen LogP contribution in [0.15, 0.2) is 12.3 Å². The molecule has 0 aliphatic carbocycles. The maximum atomic E-state index is 11.4. The summed E-state index contributed by atoms with van der Waals surface area (Å²) in [5.41, 5.74) is 7.15. The van der Waals surface area contributed by atoms with Crippen LogP contribution in [0.4, 0.5) is 4.79 Å². The maximum Gasteiger partial charge on any atom is 0.407 e. The molecule has 1 amide bonds. The molecule has 5 heteroatoms. The second-order valence-electron chi connectivity index (χ2n) is 5.01. The van der Waals surface area contributed by atoms with Gasteiger partial charge in [0.15, 0.2) is 0 Å². The van der Waals surface area contributed by atoms with Gasteiger partial charge in [-0.15, -0.1) is 0 Å². The zero-order valence-corrected chi connectivity index (χ0v) is 10.9. The number of nitrogens with one attached hydrogen (secondary N) is 1. The molecule has 1 aromatic rings. The normalized spacial score (nSPS) is 11.4. The van der Waals surface area contributed by atoms with Crippen LogP contribution >= 0.6 is 0 Å². The summed E-state index contributed by atoms with van der Waals surface area (Å²) < 4.78 is 7.09. The lowest BCUT2D eigenvalue weighted by Crippen LogP contribution is -2.32. The standard InChI is InChI=1S/C12H21N3O2/c1-12(2,3)17-11(16)14-7-9-5-10(6-13)15(4)8-9/h5,8H,6-7,13H2,1-4H3,(H,14,16). The zero-order valence-electron chi connectivity index (χ0n) is 10.9. The average molecular weight is 239 g/mol. The number of aryl methyl sites for hydroxylation is 1. The van der Waals surface area contributed by atoms with Crippen LogP contribution in [0.5, 0.6) is 0 Å². The lowest BCUT2D eigenvalue weighted by Gasteiger charge is -2.19. The first-order chi connectivity index (χ1) is 7.81. The molecule has 0 saturated heterocycles. The van der Waals surface area contributed by atoms with Crippen molar-refractivity contribution in [3.63, 3.8) is 0 Å². The van der Waals surface area contributed by atoms with E-state index in [2.05, 4.69) is 5.32 Å². The van der Waals surface area contributed by atoms with Crippen LogP contribution in [0.2, 0.25) is 0 Å². The van der Waals surface area contributed by atoms with E-state index in [1.54, 1.807) is 0 Å². The van der Waals surface area contributed by atoms with E-state index in [1.807, 2.05) is 44.6 Å². The number of rotatable bonds is 3. The number of alkyl carbamates (subject to hydrolysis) is 1. The molecule has 3 N–H and O–H groups in total. The van der Waals surface area contributed by atoms with Crippen LogP contribution in [0.1, 0.15) is 32.0 Å². The first-order valence-electron chi connectivity index (χ1n) is 5.63. The van der Waals surface area contributed by atoms with Crippen LogP contribution < -0.4 is 11.1 Å². The molecule has 0 aliphatic heterocycles. The van der Waals surface area contributed by atoms with Gasteiger partial charge in [-0.1, -0.05) is 0 Å². The van der Waals surface area contributed by atoms with E-state index < -0.39 is 11.7 Å². The zero-order chi connectivity index (χ0) is 13.1. The van der Waals surface area contributed by atoms with Crippen molar-refractivity contribution in [3.8, 4) is 0 Å². The highest BCUT2D eigenvalue weighted by Crippen LogP contribution is 2.08. The lowest BCUT2D eigenvalue weighted by molar-refractivity contribution is 0.0523. The summed E-state index contributed by atoms with van der Waals surface area (Å²) in [6, 6.07) is 1.97. The number of ether oxygens (including phenoxy) is 1. The first-order valence-corrected chi connectivity index (χ1v) is 5.63. The molecule has 0 fully saturated rings. The fourth-order valence-corrected chi connectivity index (χ4v) is 1.47. The minimum absolute atomic E-state index is 0.407. The molecule has 0 unspecified atom stereocenters. The van der Waals surface area contributed by atoms with Gasteiger partial charge in [-0.2, -0.15) is 0 Å². The fraction of sp³-hybridized carbons (Fsp3) is 0.583. The van der Waals surface area contributed by atoms with Crippen LogP contribution in [0, 0.1) is 0 Å². The monoisotopic (exact) mass is 239 g/mol. The fourth-order valence-electron chi connectivity index (χ4n) is 1.47. The largest absolute Gasteiger partial charge is 0.444 e. The highest BCUT2D eigenvalue weighted by molar-refractivity contribution is 5.67. The number of carbonyl (C=O) groups is 1. The average Bonchev–Trinajstić information content (AvgIpc) is 2.53. The molecule has 5 nitrogen and oxygen atoms in total. The van der Waals surface area contributed by atoms with Crippen molar-refractivity contribution in [2.24, 2.45) is 12.8 Å². The maximum absolute atomic E-state index is 11.4. The molecule has 0 aromatic carbocycles. The number of nitrogens with zero attached hydrogens (tertiary/aromatic N) is 1. The van der Waals surface area contributed by atoms with E-state index in [9.17, 15) is 4.79 Å². The van der Waals surface area contributed by atoms with E-state index in [-0.39, 0.29) is 0 Å². The van der Waals surface area contributed by atoms with Crippen LogP contribution in [-0.4, -0.2) is 16.3 Å². The van der Waals surface area contributed by atoms with Crippen molar-refractivity contribution in [2.45, 2.75) is 39.5 Å². The Kier molecular flexibility index (Phi) is 4.17. The molecular formula is C12H21N3O2. The third-order valence-electron chi connectivity index (χ3n) is 2.21. The summed E-state index contributed by atoms with van der Waals surface area (Å²) in [6.07, 6.45) is 1.54. The predicted octanol–water partition coefficient (Wildman–Crippen LogP) is 1.51. The molecule has 0 bridgehead atoms. The Labute approximate surface area is 102 Å². The topological polar surface area (TPSA) is 69.3 Å². The first kappa shape index (κ1) is 13.6. The quantitative estimate of drug-likeness (QED) is 0.840. The molecule has 0 radical (unpaired) electrons. The Balaban J connectivity index is 2.47. The summed E-state index contributed by atoms with van der Waals surface area (Å²) in [5.74, 6) is 0. The van der Waals surface area contributed by atoms with Crippen molar-refractivity contribution in [3.05, 3.63) is 23.5 Å². The van der Waals surface area contributed by atoms with Gasteiger partial charge >= 0.3 is 6.09 Å². The Morgan fingerprint density at radius 3 is 2.65 bits per heavy atom. The van der Waals surface area contributed by atoms with Gasteiger partial charge in [0.2, 0.25) is 0 Å². The summed E-state index contributed by atoms with van der Waals surface area (Å²) in [5, 5.41) is 2.70. The molecule has 0 spiro atoms. The minimum Gasteiger partial charge on any atom is -0.444 e. The summed E-state index contributed by atoms with van der Waals surface area (Å²) in [4.78, 5) is 11.4. The van der Waals surface area contributed by atoms with Gasteiger partial charge in [-0.3, -0.25) is 0 Å². The van der Waals surface area contributed by atoms with Crippen molar-refractivity contribution in [1.82, 2.24) is 9.88 Å². The lowest BCUT2D eigenvalue weighted by atomic mass is 10.2. The van der Waals surface area contributed by atoms with Gasteiger partial charge in [0.05, 0.1) is 0 Å².